The maximum Gasteiger partial charge on any atom is 0.140 e. The number of aliphatic hydroxyl groups is 2. The summed E-state index contributed by atoms with van der Waals surface area (Å²) in [6.07, 6.45) is 4.70. The summed E-state index contributed by atoms with van der Waals surface area (Å²) >= 11 is 0. The molecule has 2 nitrogen and oxygen atoms in total. The van der Waals surface area contributed by atoms with Gasteiger partial charge in [-0.2, -0.15) is 0 Å². The molecule has 23 heavy (non-hydrogen) atoms. The number of aliphatic hydroxyl groups excluding tert-OH is 1. The van der Waals surface area contributed by atoms with Crippen LogP contribution in [-0.2, 0) is 0 Å². The Balaban J connectivity index is 1.68. The molecule has 0 aromatic carbocycles. The summed E-state index contributed by atoms with van der Waals surface area (Å²) in [5.74, 6) is 0.327. The molecule has 0 amide bonds. The van der Waals surface area contributed by atoms with Crippen LogP contribution in [0, 0.1) is 23.2 Å². The molecule has 0 heterocycles. The summed E-state index contributed by atoms with van der Waals surface area (Å²) in [6.45, 7) is 1.93. The van der Waals surface area contributed by atoms with E-state index in [1.54, 1.807) is 0 Å². The van der Waals surface area contributed by atoms with Crippen LogP contribution in [0.25, 0.3) is 0 Å². The van der Waals surface area contributed by atoms with Crippen molar-refractivity contribution in [2.45, 2.75) is 94.7 Å². The molecule has 4 aliphatic rings. The van der Waals surface area contributed by atoms with Gasteiger partial charge in [0.25, 0.3) is 0 Å². The van der Waals surface area contributed by atoms with E-state index >= 15 is 4.39 Å². The van der Waals surface area contributed by atoms with E-state index < -0.39 is 22.9 Å². The lowest BCUT2D eigenvalue weighted by molar-refractivity contribution is -0.207. The Morgan fingerprint density at radius 2 is 1.74 bits per heavy atom. The Labute approximate surface area is 137 Å². The normalized spacial score (nSPS) is 59.6. The van der Waals surface area contributed by atoms with Crippen molar-refractivity contribution in [1.82, 2.24) is 0 Å². The van der Waals surface area contributed by atoms with Gasteiger partial charge in [0.05, 0.1) is 6.10 Å². The van der Waals surface area contributed by atoms with E-state index in [1.807, 2.05) is 6.92 Å². The number of fused-ring (bicyclic) bond motifs is 4. The lowest BCUT2D eigenvalue weighted by atomic mass is 9.54. The Morgan fingerprint density at radius 1 is 0.957 bits per heavy atom. The molecule has 0 aliphatic heterocycles. The van der Waals surface area contributed by atoms with Crippen molar-refractivity contribution in [3.63, 3.8) is 0 Å². The predicted octanol–water partition coefficient (Wildman–Crippen LogP) is 3.94. The minimum Gasteiger partial charge on any atom is -0.393 e. The number of alkyl halides is 2. The molecule has 8 atom stereocenters. The highest BCUT2D eigenvalue weighted by molar-refractivity contribution is 5.18. The molecule has 0 saturated heterocycles. The zero-order valence-corrected chi connectivity index (χ0v) is 14.1. The lowest BCUT2D eigenvalue weighted by Gasteiger charge is -2.55. The van der Waals surface area contributed by atoms with Gasteiger partial charge in [-0.3, -0.25) is 0 Å². The second-order valence-corrected chi connectivity index (χ2v) is 9.22. The van der Waals surface area contributed by atoms with Gasteiger partial charge in [-0.1, -0.05) is 6.92 Å². The molecule has 0 aromatic heterocycles. The smallest absolute Gasteiger partial charge is 0.140 e. The van der Waals surface area contributed by atoms with E-state index in [0.29, 0.717) is 44.4 Å². The van der Waals surface area contributed by atoms with E-state index in [-0.39, 0.29) is 24.4 Å². The fraction of sp³-hybridized carbons (Fsp3) is 1.00. The van der Waals surface area contributed by atoms with Gasteiger partial charge < -0.3 is 10.2 Å². The molecular weight excluding hydrogens is 298 g/mol. The number of halogens is 2. The minimum atomic E-state index is -1.60. The third-order valence-corrected chi connectivity index (χ3v) is 8.23. The summed E-state index contributed by atoms with van der Waals surface area (Å²) in [5.41, 5.74) is -3.53. The molecule has 4 fully saturated rings. The van der Waals surface area contributed by atoms with E-state index in [0.717, 1.165) is 19.3 Å². The molecule has 4 rings (SSSR count). The van der Waals surface area contributed by atoms with Gasteiger partial charge in [0.1, 0.15) is 17.4 Å². The molecule has 4 heteroatoms. The van der Waals surface area contributed by atoms with Gasteiger partial charge in [-0.15, -0.1) is 0 Å². The summed E-state index contributed by atoms with van der Waals surface area (Å²) in [7, 11) is 0. The van der Waals surface area contributed by atoms with Gasteiger partial charge in [-0.25, -0.2) is 8.78 Å². The molecule has 4 saturated carbocycles. The molecule has 4 aliphatic carbocycles. The predicted molar refractivity (Wildman–Crippen MR) is 84.4 cm³/mol. The standard InChI is InChI=1S/C19H30F2O2/c1-17-8-9-18(21)11-13-10-14(22)3-2-12(13)6-7-19(18,23)15(17)4-5-16(17)20/h12-16,22-23H,2-11H2,1H3/t12?,13?,14?,15?,16?,17?,18?,19-/m0/s1. The molecule has 7 unspecified atom stereocenters. The first-order valence-corrected chi connectivity index (χ1v) is 9.52. The molecule has 0 spiro atoms. The van der Waals surface area contributed by atoms with Crippen LogP contribution in [0.5, 0.6) is 0 Å². The Hall–Kier alpha value is -0.220. The van der Waals surface area contributed by atoms with Crippen molar-refractivity contribution in [3.8, 4) is 0 Å². The van der Waals surface area contributed by atoms with Gasteiger partial charge in [0, 0.05) is 5.41 Å². The first-order chi connectivity index (χ1) is 10.8. The molecule has 0 aromatic rings. The van der Waals surface area contributed by atoms with Crippen LogP contribution in [0.2, 0.25) is 0 Å². The molecular formula is C19H30F2O2. The summed E-state index contributed by atoms with van der Waals surface area (Å²) in [6, 6.07) is 0. The third-order valence-electron chi connectivity index (χ3n) is 8.23. The molecule has 0 bridgehead atoms. The van der Waals surface area contributed by atoms with Crippen LogP contribution in [0.3, 0.4) is 0 Å². The first-order valence-electron chi connectivity index (χ1n) is 9.52. The number of rotatable bonds is 0. The van der Waals surface area contributed by atoms with Crippen molar-refractivity contribution >= 4 is 0 Å². The lowest BCUT2D eigenvalue weighted by Crippen LogP contribution is -2.63. The molecule has 132 valence electrons. The summed E-state index contributed by atoms with van der Waals surface area (Å²) in [5, 5.41) is 21.5. The van der Waals surface area contributed by atoms with Crippen LogP contribution in [-0.4, -0.2) is 33.8 Å². The fourth-order valence-corrected chi connectivity index (χ4v) is 6.73. The fourth-order valence-electron chi connectivity index (χ4n) is 6.73. The maximum absolute atomic E-state index is 16.0. The van der Waals surface area contributed by atoms with Crippen molar-refractivity contribution in [2.75, 3.05) is 0 Å². The van der Waals surface area contributed by atoms with Crippen LogP contribution in [0.15, 0.2) is 0 Å². The summed E-state index contributed by atoms with van der Waals surface area (Å²) in [4.78, 5) is 0. The topological polar surface area (TPSA) is 40.5 Å². The molecule has 0 radical (unpaired) electrons. The first kappa shape index (κ1) is 16.3. The molecule has 2 N–H and O–H groups in total. The van der Waals surface area contributed by atoms with E-state index in [4.69, 9.17) is 0 Å². The SMILES string of the molecule is CC12CCC3(F)CC4CC(O)CCC4CC[C@]3(O)C1CCC2F. The van der Waals surface area contributed by atoms with E-state index in [1.165, 1.54) is 0 Å². The number of hydrogen-bond acceptors (Lipinski definition) is 2. The van der Waals surface area contributed by atoms with Crippen LogP contribution >= 0.6 is 0 Å². The Bertz CT molecular complexity index is 486. The second-order valence-electron chi connectivity index (χ2n) is 9.22. The Kier molecular flexibility index (Phi) is 3.63. The van der Waals surface area contributed by atoms with Crippen LogP contribution < -0.4 is 0 Å². The monoisotopic (exact) mass is 328 g/mol. The van der Waals surface area contributed by atoms with Crippen molar-refractivity contribution in [1.29, 1.82) is 0 Å². The highest BCUT2D eigenvalue weighted by Crippen LogP contribution is 2.65. The van der Waals surface area contributed by atoms with Crippen LogP contribution in [0.1, 0.15) is 71.1 Å². The zero-order valence-electron chi connectivity index (χ0n) is 14.1. The summed E-state index contributed by atoms with van der Waals surface area (Å²) < 4.78 is 30.5. The van der Waals surface area contributed by atoms with Crippen molar-refractivity contribution in [3.05, 3.63) is 0 Å². The third kappa shape index (κ3) is 2.16. The van der Waals surface area contributed by atoms with Gasteiger partial charge >= 0.3 is 0 Å². The Morgan fingerprint density at radius 3 is 2.52 bits per heavy atom. The van der Waals surface area contributed by atoms with E-state index in [9.17, 15) is 14.6 Å². The maximum atomic E-state index is 16.0. The number of hydrogen-bond donors (Lipinski definition) is 2. The largest absolute Gasteiger partial charge is 0.393 e. The van der Waals surface area contributed by atoms with Gasteiger partial charge in [0.2, 0.25) is 0 Å². The second kappa shape index (κ2) is 5.14. The van der Waals surface area contributed by atoms with Gasteiger partial charge in [0.15, 0.2) is 0 Å². The van der Waals surface area contributed by atoms with Crippen molar-refractivity contribution in [2.24, 2.45) is 23.2 Å². The van der Waals surface area contributed by atoms with Gasteiger partial charge in [-0.05, 0) is 82.0 Å². The average molecular weight is 328 g/mol. The minimum absolute atomic E-state index is 0.171. The highest BCUT2D eigenvalue weighted by atomic mass is 19.1. The van der Waals surface area contributed by atoms with Crippen molar-refractivity contribution < 1.29 is 19.0 Å². The zero-order chi connectivity index (χ0) is 16.5. The van der Waals surface area contributed by atoms with E-state index in [2.05, 4.69) is 0 Å². The highest BCUT2D eigenvalue weighted by Gasteiger charge is 2.68. The quantitative estimate of drug-likeness (QED) is 0.707. The van der Waals surface area contributed by atoms with Crippen LogP contribution in [0.4, 0.5) is 8.78 Å². The average Bonchev–Trinajstić information content (AvgIpc) is 2.74.